The molecule has 0 atom stereocenters. The summed E-state index contributed by atoms with van der Waals surface area (Å²) in [6.07, 6.45) is 0. The maximum Gasteiger partial charge on any atom is 0.0755 e. The summed E-state index contributed by atoms with van der Waals surface area (Å²) in [6, 6.07) is 90.1. The van der Waals surface area contributed by atoms with E-state index in [1.165, 1.54) is 89.3 Å². The fraction of sp³-hybridized carbons (Fsp3) is 0.0625. The van der Waals surface area contributed by atoms with Gasteiger partial charge in [0, 0.05) is 28.2 Å². The van der Waals surface area contributed by atoms with E-state index in [0.717, 1.165) is 22.7 Å². The van der Waals surface area contributed by atoms with E-state index < -0.39 is 5.41 Å². The van der Waals surface area contributed by atoms with E-state index in [-0.39, 0.29) is 5.41 Å². The van der Waals surface area contributed by atoms with Gasteiger partial charge in [-0.3, -0.25) is 0 Å². The van der Waals surface area contributed by atoms with Gasteiger partial charge in [0.25, 0.3) is 0 Å². The van der Waals surface area contributed by atoms with E-state index in [4.69, 9.17) is 0 Å². The van der Waals surface area contributed by atoms with Crippen LogP contribution in [0.4, 0.5) is 34.1 Å². The minimum Gasteiger partial charge on any atom is -0.310 e. The summed E-state index contributed by atoms with van der Waals surface area (Å²) >= 11 is 0. The lowest BCUT2D eigenvalue weighted by Crippen LogP contribution is -2.36. The lowest BCUT2D eigenvalue weighted by Gasteiger charge is -2.45. The molecule has 1 aliphatic heterocycles. The van der Waals surface area contributed by atoms with Gasteiger partial charge in [0.1, 0.15) is 0 Å². The molecule has 0 radical (unpaired) electrons. The Bertz CT molecular complexity index is 3460. The monoisotopic (exact) mass is 842 g/mol. The summed E-state index contributed by atoms with van der Waals surface area (Å²) in [6.45, 7) is 4.74. The van der Waals surface area contributed by atoms with Gasteiger partial charge in [0.05, 0.1) is 16.8 Å². The second kappa shape index (κ2) is 14.7. The molecule has 0 amide bonds. The molecule has 0 unspecified atom stereocenters. The van der Waals surface area contributed by atoms with Crippen molar-refractivity contribution in [3.8, 4) is 44.5 Å². The lowest BCUT2D eigenvalue weighted by molar-refractivity contribution is 0.660. The molecule has 1 spiro atoms. The van der Waals surface area contributed by atoms with Gasteiger partial charge in [-0.25, -0.2) is 0 Å². The Labute approximate surface area is 387 Å². The number of para-hydroxylation sites is 3. The first-order valence-electron chi connectivity index (χ1n) is 23.1. The van der Waals surface area contributed by atoms with Crippen LogP contribution in [0, 0.1) is 0 Å². The molecular weight excluding hydrogens is 797 g/mol. The Morgan fingerprint density at radius 3 is 1.38 bits per heavy atom. The van der Waals surface area contributed by atoms with E-state index in [2.05, 4.69) is 266 Å². The maximum absolute atomic E-state index is 2.51. The molecule has 10 aromatic carbocycles. The standard InChI is InChI=1S/C64H46N2/c1-63(2)55-26-11-9-24-51(55)53-38-36-49(41-59(53)63)65(48-34-32-44(33-35-48)46-21-17-20-45(40-46)43-18-5-3-6-19-43)50-37-39-54-52-25-10-12-27-56(52)64(60(54)42-50)57-28-13-15-30-61(57)66(47-22-7-4-8-23-47)62-31-16-14-29-58(62)64/h3-42H,1-2H3. The van der Waals surface area contributed by atoms with E-state index >= 15 is 0 Å². The SMILES string of the molecule is CC1(C)c2ccccc2-c2ccc(N(c3ccc(-c4cccc(-c5ccccc5)c4)cc3)c3ccc4c(c3)C3(c5ccccc5-4)c4ccccc4N(c4ccccc4)c4ccccc43)cc21. The van der Waals surface area contributed by atoms with Crippen molar-refractivity contribution in [1.82, 2.24) is 0 Å². The molecular formula is C64H46N2. The predicted octanol–water partition coefficient (Wildman–Crippen LogP) is 16.9. The highest BCUT2D eigenvalue weighted by molar-refractivity contribution is 5.97. The van der Waals surface area contributed by atoms with Gasteiger partial charge in [-0.15, -0.1) is 0 Å². The molecule has 0 aromatic heterocycles. The van der Waals surface area contributed by atoms with Gasteiger partial charge in [0.2, 0.25) is 0 Å². The van der Waals surface area contributed by atoms with Crippen LogP contribution in [-0.2, 0) is 10.8 Å². The third kappa shape index (κ3) is 5.55. The van der Waals surface area contributed by atoms with Crippen LogP contribution in [0.3, 0.4) is 0 Å². The van der Waals surface area contributed by atoms with Crippen LogP contribution in [0.5, 0.6) is 0 Å². The zero-order chi connectivity index (χ0) is 44.0. The molecule has 10 aromatic rings. The summed E-state index contributed by atoms with van der Waals surface area (Å²) in [5.41, 5.74) is 24.1. The second-order valence-electron chi connectivity index (χ2n) is 18.5. The van der Waals surface area contributed by atoms with Crippen LogP contribution in [-0.4, -0.2) is 0 Å². The van der Waals surface area contributed by atoms with Crippen LogP contribution in [0.2, 0.25) is 0 Å². The summed E-state index contributed by atoms with van der Waals surface area (Å²) in [5.74, 6) is 0. The van der Waals surface area contributed by atoms with E-state index in [1.54, 1.807) is 0 Å². The molecule has 2 heteroatoms. The molecule has 0 saturated heterocycles. The fourth-order valence-corrected chi connectivity index (χ4v) is 11.7. The van der Waals surface area contributed by atoms with Crippen LogP contribution < -0.4 is 9.80 Å². The van der Waals surface area contributed by atoms with Gasteiger partial charge < -0.3 is 9.80 Å². The average Bonchev–Trinajstić information content (AvgIpc) is 3.79. The van der Waals surface area contributed by atoms with E-state index in [1.807, 2.05) is 0 Å². The largest absolute Gasteiger partial charge is 0.310 e. The molecule has 0 N–H and O–H groups in total. The average molecular weight is 843 g/mol. The third-order valence-corrected chi connectivity index (χ3v) is 14.7. The molecule has 2 aliphatic carbocycles. The van der Waals surface area contributed by atoms with Crippen LogP contribution in [0.1, 0.15) is 47.2 Å². The Hall–Kier alpha value is -8.20. The zero-order valence-corrected chi connectivity index (χ0v) is 37.0. The normalized spacial score (nSPS) is 14.1. The second-order valence-corrected chi connectivity index (χ2v) is 18.5. The Kier molecular flexibility index (Phi) is 8.51. The number of anilines is 6. The Balaban J connectivity index is 1.02. The molecule has 0 saturated carbocycles. The van der Waals surface area contributed by atoms with Crippen molar-refractivity contribution in [2.75, 3.05) is 9.80 Å². The van der Waals surface area contributed by atoms with Crippen molar-refractivity contribution < 1.29 is 0 Å². The third-order valence-electron chi connectivity index (χ3n) is 14.7. The number of rotatable bonds is 6. The Morgan fingerprint density at radius 2 is 0.742 bits per heavy atom. The molecule has 0 fully saturated rings. The highest BCUT2D eigenvalue weighted by atomic mass is 15.2. The van der Waals surface area contributed by atoms with Crippen molar-refractivity contribution in [1.29, 1.82) is 0 Å². The summed E-state index contributed by atoms with van der Waals surface area (Å²) in [7, 11) is 0. The number of benzene rings is 10. The molecule has 0 bridgehead atoms. The first-order valence-corrected chi connectivity index (χ1v) is 23.1. The van der Waals surface area contributed by atoms with Crippen molar-refractivity contribution >= 4 is 34.1 Å². The van der Waals surface area contributed by atoms with Gasteiger partial charge in [-0.1, -0.05) is 190 Å². The van der Waals surface area contributed by atoms with Crippen molar-refractivity contribution in [2.45, 2.75) is 24.7 Å². The van der Waals surface area contributed by atoms with E-state index in [0.29, 0.717) is 0 Å². The number of nitrogens with zero attached hydrogens (tertiary/aromatic N) is 2. The molecule has 2 nitrogen and oxygen atoms in total. The molecule has 13 rings (SSSR count). The molecule has 1 heterocycles. The Morgan fingerprint density at radius 1 is 0.303 bits per heavy atom. The zero-order valence-electron chi connectivity index (χ0n) is 37.0. The fourth-order valence-electron chi connectivity index (χ4n) is 11.7. The van der Waals surface area contributed by atoms with Gasteiger partial charge >= 0.3 is 0 Å². The minimum absolute atomic E-state index is 0.148. The summed E-state index contributed by atoms with van der Waals surface area (Å²) in [4.78, 5) is 4.94. The van der Waals surface area contributed by atoms with Crippen LogP contribution in [0.25, 0.3) is 44.5 Å². The quantitative estimate of drug-likeness (QED) is 0.165. The summed E-state index contributed by atoms with van der Waals surface area (Å²) < 4.78 is 0. The van der Waals surface area contributed by atoms with Crippen LogP contribution in [0.15, 0.2) is 243 Å². The lowest BCUT2D eigenvalue weighted by atomic mass is 9.64. The highest BCUT2D eigenvalue weighted by Crippen LogP contribution is 2.64. The highest BCUT2D eigenvalue weighted by Gasteiger charge is 2.52. The number of fused-ring (bicyclic) bond motifs is 12. The van der Waals surface area contributed by atoms with Crippen LogP contribution >= 0.6 is 0 Å². The number of hydrogen-bond acceptors (Lipinski definition) is 2. The van der Waals surface area contributed by atoms with Crippen molar-refractivity contribution in [3.63, 3.8) is 0 Å². The molecule has 312 valence electrons. The number of hydrogen-bond donors (Lipinski definition) is 0. The minimum atomic E-state index is -0.568. The predicted molar refractivity (Wildman–Crippen MR) is 275 cm³/mol. The van der Waals surface area contributed by atoms with E-state index in [9.17, 15) is 0 Å². The van der Waals surface area contributed by atoms with Crippen molar-refractivity contribution in [2.24, 2.45) is 0 Å². The van der Waals surface area contributed by atoms with Gasteiger partial charge in [-0.2, -0.15) is 0 Å². The van der Waals surface area contributed by atoms with Crippen molar-refractivity contribution in [3.05, 3.63) is 276 Å². The van der Waals surface area contributed by atoms with Gasteiger partial charge in [0.15, 0.2) is 0 Å². The van der Waals surface area contributed by atoms with Gasteiger partial charge in [-0.05, 0) is 145 Å². The topological polar surface area (TPSA) is 6.48 Å². The molecule has 3 aliphatic rings. The maximum atomic E-state index is 2.51. The first-order chi connectivity index (χ1) is 32.5. The first kappa shape index (κ1) is 38.3. The molecule has 66 heavy (non-hydrogen) atoms. The smallest absolute Gasteiger partial charge is 0.0755 e. The summed E-state index contributed by atoms with van der Waals surface area (Å²) in [5, 5.41) is 0.